The van der Waals surface area contributed by atoms with E-state index in [4.69, 9.17) is 16.4 Å². The molecule has 1 radical (unpaired) electrons. The van der Waals surface area contributed by atoms with E-state index in [9.17, 15) is 0 Å². The Hall–Kier alpha value is -1.35. The van der Waals surface area contributed by atoms with E-state index in [2.05, 4.69) is 12.3 Å². The van der Waals surface area contributed by atoms with Crippen molar-refractivity contribution >= 4 is 17.3 Å². The highest BCUT2D eigenvalue weighted by Gasteiger charge is 2.14. The smallest absolute Gasteiger partial charge is 0.152 e. The third kappa shape index (κ3) is 1.77. The minimum atomic E-state index is 0.622. The zero-order valence-corrected chi connectivity index (χ0v) is 8.29. The summed E-state index contributed by atoms with van der Waals surface area (Å²) in [4.78, 5) is 5.41. The number of allylic oxidation sites excluding steroid dienone is 1. The number of benzene rings is 1. The summed E-state index contributed by atoms with van der Waals surface area (Å²) in [7, 11) is 0. The van der Waals surface area contributed by atoms with Gasteiger partial charge in [0.25, 0.3) is 0 Å². The van der Waals surface area contributed by atoms with Crippen molar-refractivity contribution in [1.29, 1.82) is 0 Å². The van der Waals surface area contributed by atoms with Crippen molar-refractivity contribution in [3.63, 3.8) is 0 Å². The Balaban J connectivity index is 2.08. The molecule has 0 aliphatic carbocycles. The Morgan fingerprint density at radius 3 is 2.64 bits per heavy atom. The molecule has 4 heteroatoms. The summed E-state index contributed by atoms with van der Waals surface area (Å²) in [5.74, 6) is 0.806. The molecule has 0 spiro atoms. The maximum atomic E-state index is 5.77. The van der Waals surface area contributed by atoms with Gasteiger partial charge < -0.3 is 4.84 Å². The summed E-state index contributed by atoms with van der Waals surface area (Å²) >= 11 is 5.77. The molecule has 14 heavy (non-hydrogen) atoms. The van der Waals surface area contributed by atoms with E-state index >= 15 is 0 Å². The number of hydrazine groups is 1. The molecule has 0 saturated heterocycles. The van der Waals surface area contributed by atoms with Gasteiger partial charge in [0, 0.05) is 11.4 Å². The molecule has 3 nitrogen and oxygen atoms in total. The van der Waals surface area contributed by atoms with Crippen LogP contribution >= 0.6 is 11.6 Å². The van der Waals surface area contributed by atoms with Crippen LogP contribution in [0.1, 0.15) is 6.42 Å². The Morgan fingerprint density at radius 2 is 2.07 bits per heavy atom. The highest BCUT2D eigenvalue weighted by molar-refractivity contribution is 6.30. The third-order valence-electron chi connectivity index (χ3n) is 1.86. The second kappa shape index (κ2) is 3.80. The molecule has 0 bridgehead atoms. The molecule has 1 heterocycles. The van der Waals surface area contributed by atoms with Gasteiger partial charge in [0.2, 0.25) is 0 Å². The Kier molecular flexibility index (Phi) is 2.50. The largest absolute Gasteiger partial charge is 0.362 e. The normalized spacial score (nSPS) is 14.7. The lowest BCUT2D eigenvalue weighted by Gasteiger charge is -2.17. The number of nitrogens with zero attached hydrogens (tertiary/aromatic N) is 1. The number of halogens is 1. The fourth-order valence-corrected chi connectivity index (χ4v) is 1.25. The second-order valence-electron chi connectivity index (χ2n) is 2.85. The number of anilines is 1. The van der Waals surface area contributed by atoms with Crippen LogP contribution in [0.2, 0.25) is 5.02 Å². The highest BCUT2D eigenvalue weighted by Crippen LogP contribution is 2.21. The molecule has 1 aromatic rings. The van der Waals surface area contributed by atoms with E-state index in [1.165, 1.54) is 0 Å². The van der Waals surface area contributed by atoms with Gasteiger partial charge in [-0.25, -0.2) is 0 Å². The maximum Gasteiger partial charge on any atom is 0.152 e. The summed E-state index contributed by atoms with van der Waals surface area (Å²) in [5.41, 5.74) is 3.86. The lowest BCUT2D eigenvalue weighted by atomic mass is 10.3. The molecule has 0 unspecified atom stereocenters. The molecule has 1 aliphatic heterocycles. The fraction of sp³-hybridized carbons (Fsp3) is 0.100. The van der Waals surface area contributed by atoms with Crippen LogP contribution in [0.3, 0.4) is 0 Å². The zero-order chi connectivity index (χ0) is 9.97. The number of rotatable bonds is 2. The van der Waals surface area contributed by atoms with Gasteiger partial charge in [0.05, 0.1) is 11.9 Å². The minimum absolute atomic E-state index is 0.622. The first-order valence-corrected chi connectivity index (χ1v) is 4.65. The van der Waals surface area contributed by atoms with E-state index in [0.717, 1.165) is 11.4 Å². The molecule has 0 amide bonds. The Morgan fingerprint density at radius 1 is 1.36 bits per heavy atom. The molecule has 0 aromatic heterocycles. The quantitative estimate of drug-likeness (QED) is 0.811. The predicted octanol–water partition coefficient (Wildman–Crippen LogP) is 2.66. The van der Waals surface area contributed by atoms with Gasteiger partial charge in [-0.1, -0.05) is 11.6 Å². The summed E-state index contributed by atoms with van der Waals surface area (Å²) in [5, 5.41) is 2.27. The van der Waals surface area contributed by atoms with Crippen LogP contribution < -0.4 is 10.6 Å². The summed E-state index contributed by atoms with van der Waals surface area (Å²) in [6.45, 7) is 3.73. The molecule has 2 rings (SSSR count). The van der Waals surface area contributed by atoms with Crippen molar-refractivity contribution in [3.05, 3.63) is 48.2 Å². The van der Waals surface area contributed by atoms with E-state index in [1.807, 2.05) is 24.3 Å². The Labute approximate surface area is 87.8 Å². The van der Waals surface area contributed by atoms with Gasteiger partial charge in [0.15, 0.2) is 5.76 Å². The van der Waals surface area contributed by atoms with Gasteiger partial charge in [-0.2, -0.15) is 0 Å². The summed E-state index contributed by atoms with van der Waals surface area (Å²) in [6.07, 6.45) is 2.40. The maximum absolute atomic E-state index is 5.77. The highest BCUT2D eigenvalue weighted by atomic mass is 35.5. The predicted molar refractivity (Wildman–Crippen MR) is 56.2 cm³/mol. The summed E-state index contributed by atoms with van der Waals surface area (Å²) in [6, 6.07) is 7.36. The van der Waals surface area contributed by atoms with Crippen LogP contribution in [-0.4, -0.2) is 0 Å². The Bertz CT molecular complexity index is 348. The molecule has 1 N–H and O–H groups in total. The molecule has 1 aromatic carbocycles. The van der Waals surface area contributed by atoms with Crippen molar-refractivity contribution in [2.45, 2.75) is 6.42 Å². The SMILES string of the molecule is [CH2]CC1=CNN(c2ccc(Cl)cc2)O1. The van der Waals surface area contributed by atoms with Crippen LogP contribution in [0.5, 0.6) is 0 Å². The van der Waals surface area contributed by atoms with E-state index in [0.29, 0.717) is 11.4 Å². The minimum Gasteiger partial charge on any atom is -0.362 e. The number of hydrogen-bond donors (Lipinski definition) is 1. The standard InChI is InChI=1S/C10H10ClN2O/c1-2-10-7-12-13(14-10)9-5-3-8(11)4-6-9/h3-7,12H,1-2H2. The molecule has 0 saturated carbocycles. The molecule has 0 fully saturated rings. The van der Waals surface area contributed by atoms with E-state index < -0.39 is 0 Å². The first-order valence-electron chi connectivity index (χ1n) is 4.28. The molecule has 73 valence electrons. The number of nitrogens with one attached hydrogen (secondary N) is 1. The molecule has 1 aliphatic rings. The van der Waals surface area contributed by atoms with Crippen LogP contribution in [0, 0.1) is 6.92 Å². The van der Waals surface area contributed by atoms with Crippen LogP contribution in [0.4, 0.5) is 5.69 Å². The van der Waals surface area contributed by atoms with Crippen molar-refractivity contribution < 1.29 is 4.84 Å². The van der Waals surface area contributed by atoms with Crippen molar-refractivity contribution in [2.24, 2.45) is 0 Å². The van der Waals surface area contributed by atoms with E-state index in [-0.39, 0.29) is 0 Å². The zero-order valence-electron chi connectivity index (χ0n) is 7.53. The average molecular weight is 210 g/mol. The fourth-order valence-electron chi connectivity index (χ4n) is 1.12. The van der Waals surface area contributed by atoms with Gasteiger partial charge in [-0.15, -0.1) is 5.17 Å². The van der Waals surface area contributed by atoms with Crippen LogP contribution in [-0.2, 0) is 4.84 Å². The van der Waals surface area contributed by atoms with Crippen molar-refractivity contribution in [2.75, 3.05) is 5.17 Å². The molecule has 0 atom stereocenters. The lowest BCUT2D eigenvalue weighted by Crippen LogP contribution is -2.28. The molecular formula is C10H10ClN2O. The van der Waals surface area contributed by atoms with Crippen molar-refractivity contribution in [1.82, 2.24) is 5.43 Å². The molecular weight excluding hydrogens is 200 g/mol. The first-order chi connectivity index (χ1) is 6.79. The summed E-state index contributed by atoms with van der Waals surface area (Å²) < 4.78 is 0. The second-order valence-corrected chi connectivity index (χ2v) is 3.29. The van der Waals surface area contributed by atoms with Crippen molar-refractivity contribution in [3.8, 4) is 0 Å². The lowest BCUT2D eigenvalue weighted by molar-refractivity contribution is 0.187. The first kappa shape index (κ1) is 9.21. The van der Waals surface area contributed by atoms with Crippen LogP contribution in [0.25, 0.3) is 0 Å². The number of hydrogen-bond acceptors (Lipinski definition) is 3. The van der Waals surface area contributed by atoms with Crippen LogP contribution in [0.15, 0.2) is 36.2 Å². The van der Waals surface area contributed by atoms with Gasteiger partial charge >= 0.3 is 0 Å². The third-order valence-corrected chi connectivity index (χ3v) is 2.11. The monoisotopic (exact) mass is 209 g/mol. The van der Waals surface area contributed by atoms with E-state index in [1.54, 1.807) is 11.4 Å². The average Bonchev–Trinajstić information content (AvgIpc) is 2.67. The van der Waals surface area contributed by atoms with Gasteiger partial charge in [0.1, 0.15) is 0 Å². The van der Waals surface area contributed by atoms with Gasteiger partial charge in [-0.3, -0.25) is 5.43 Å². The van der Waals surface area contributed by atoms with Gasteiger partial charge in [-0.05, 0) is 31.2 Å². The topological polar surface area (TPSA) is 24.5 Å².